The number of sulfonamides is 1. The third-order valence-corrected chi connectivity index (χ3v) is 8.32. The average Bonchev–Trinajstić information content (AvgIpc) is 3.42. The highest BCUT2D eigenvalue weighted by Crippen LogP contribution is 2.31. The molecule has 1 saturated heterocycles. The van der Waals surface area contributed by atoms with Gasteiger partial charge in [0.15, 0.2) is 0 Å². The van der Waals surface area contributed by atoms with Crippen LogP contribution in [0.1, 0.15) is 53.6 Å². The molecule has 2 heterocycles. The van der Waals surface area contributed by atoms with Crippen LogP contribution in [0.4, 0.5) is 0 Å². The number of rotatable bonds is 6. The Kier molecular flexibility index (Phi) is 5.58. The minimum atomic E-state index is -3.56. The Bertz CT molecular complexity index is 944. The highest BCUT2D eigenvalue weighted by molar-refractivity contribution is 7.89. The maximum Gasteiger partial charge on any atom is 0.254 e. The number of amides is 1. The number of piperidine rings is 1. The summed E-state index contributed by atoms with van der Waals surface area (Å²) in [6.07, 6.45) is 4.89. The second-order valence-corrected chi connectivity index (χ2v) is 10.4. The van der Waals surface area contributed by atoms with Gasteiger partial charge in [-0.2, -0.15) is 15.6 Å². The van der Waals surface area contributed by atoms with Crippen LogP contribution in [0, 0.1) is 6.92 Å². The van der Waals surface area contributed by atoms with E-state index in [9.17, 15) is 13.2 Å². The quantitative estimate of drug-likeness (QED) is 0.711. The lowest BCUT2D eigenvalue weighted by molar-refractivity contribution is 0.0730. The topological polar surface area (TPSA) is 57.7 Å². The van der Waals surface area contributed by atoms with Crippen molar-refractivity contribution in [1.29, 1.82) is 0 Å². The van der Waals surface area contributed by atoms with Gasteiger partial charge in [0, 0.05) is 31.2 Å². The third-order valence-electron chi connectivity index (χ3n) is 5.55. The van der Waals surface area contributed by atoms with Crippen LogP contribution in [-0.2, 0) is 16.6 Å². The molecule has 1 aromatic carbocycles. The molecule has 4 rings (SSSR count). The van der Waals surface area contributed by atoms with Gasteiger partial charge in [0.1, 0.15) is 0 Å². The molecule has 0 spiro atoms. The SMILES string of the molecule is Cc1ccc(C(=O)N(Cc2ccsc2)C2CC2)cc1S(=O)(=O)N1CCCCC1. The standard InChI is InChI=1S/C21H26N2O3S2/c1-16-5-6-18(13-20(16)28(25,26)22-10-3-2-4-11-22)21(24)23(19-7-8-19)14-17-9-12-27-15-17/h5-6,9,12-13,15,19H,2-4,7-8,10-11,14H2,1H3. The van der Waals surface area contributed by atoms with E-state index < -0.39 is 10.0 Å². The summed E-state index contributed by atoms with van der Waals surface area (Å²) in [5, 5.41) is 4.07. The number of benzene rings is 1. The molecule has 0 atom stereocenters. The van der Waals surface area contributed by atoms with Crippen LogP contribution >= 0.6 is 11.3 Å². The molecular weight excluding hydrogens is 392 g/mol. The number of nitrogens with zero attached hydrogens (tertiary/aromatic N) is 2. The fourth-order valence-corrected chi connectivity index (χ4v) is 6.18. The summed E-state index contributed by atoms with van der Waals surface area (Å²) < 4.78 is 27.9. The van der Waals surface area contributed by atoms with E-state index >= 15 is 0 Å². The van der Waals surface area contributed by atoms with E-state index in [2.05, 4.69) is 5.38 Å². The van der Waals surface area contributed by atoms with Gasteiger partial charge < -0.3 is 4.90 Å². The summed E-state index contributed by atoms with van der Waals surface area (Å²) >= 11 is 1.62. The highest BCUT2D eigenvalue weighted by atomic mass is 32.2. The van der Waals surface area contributed by atoms with Gasteiger partial charge in [-0.25, -0.2) is 8.42 Å². The fourth-order valence-electron chi connectivity index (χ4n) is 3.75. The molecule has 1 aliphatic heterocycles. The van der Waals surface area contributed by atoms with Gasteiger partial charge in [0.2, 0.25) is 10.0 Å². The first kappa shape index (κ1) is 19.6. The summed E-state index contributed by atoms with van der Waals surface area (Å²) in [4.78, 5) is 15.4. The lowest BCUT2D eigenvalue weighted by Crippen LogP contribution is -2.36. The first-order valence-electron chi connectivity index (χ1n) is 9.89. The number of aryl methyl sites for hydroxylation is 1. The molecule has 0 radical (unpaired) electrons. The molecule has 2 aromatic rings. The first-order valence-corrected chi connectivity index (χ1v) is 12.3. The molecule has 1 amide bonds. The summed E-state index contributed by atoms with van der Waals surface area (Å²) in [5.41, 5.74) is 2.28. The second-order valence-electron chi connectivity index (χ2n) is 7.74. The maximum absolute atomic E-state index is 13.2. The van der Waals surface area contributed by atoms with Crippen LogP contribution in [0.25, 0.3) is 0 Å². The summed E-state index contributed by atoms with van der Waals surface area (Å²) in [6.45, 7) is 3.50. The minimum Gasteiger partial charge on any atom is -0.331 e. The van der Waals surface area contributed by atoms with E-state index in [-0.39, 0.29) is 16.8 Å². The smallest absolute Gasteiger partial charge is 0.254 e. The molecule has 1 aromatic heterocycles. The van der Waals surface area contributed by atoms with E-state index in [1.165, 1.54) is 0 Å². The largest absolute Gasteiger partial charge is 0.331 e. The Labute approximate surface area is 171 Å². The van der Waals surface area contributed by atoms with Gasteiger partial charge in [0.25, 0.3) is 5.91 Å². The zero-order valence-corrected chi connectivity index (χ0v) is 17.8. The van der Waals surface area contributed by atoms with Crippen LogP contribution in [0.3, 0.4) is 0 Å². The van der Waals surface area contributed by atoms with Crippen molar-refractivity contribution in [2.75, 3.05) is 13.1 Å². The molecule has 0 bridgehead atoms. The lowest BCUT2D eigenvalue weighted by Gasteiger charge is -2.27. The molecule has 1 aliphatic carbocycles. The molecule has 0 N–H and O–H groups in total. The van der Waals surface area contributed by atoms with Crippen LogP contribution < -0.4 is 0 Å². The summed E-state index contributed by atoms with van der Waals surface area (Å²) in [5.74, 6) is -0.0798. The predicted octanol–water partition coefficient (Wildman–Crippen LogP) is 4.04. The molecule has 28 heavy (non-hydrogen) atoms. The Morgan fingerprint density at radius 1 is 1.18 bits per heavy atom. The second kappa shape index (κ2) is 7.97. The molecule has 7 heteroatoms. The molecular formula is C21H26N2O3S2. The third kappa shape index (κ3) is 4.02. The van der Waals surface area contributed by atoms with Crippen molar-refractivity contribution in [3.8, 4) is 0 Å². The van der Waals surface area contributed by atoms with Crippen molar-refractivity contribution in [3.63, 3.8) is 0 Å². The van der Waals surface area contributed by atoms with Gasteiger partial charge in [-0.15, -0.1) is 0 Å². The average molecular weight is 419 g/mol. The van der Waals surface area contributed by atoms with Gasteiger partial charge >= 0.3 is 0 Å². The van der Waals surface area contributed by atoms with Crippen molar-refractivity contribution in [1.82, 2.24) is 9.21 Å². The van der Waals surface area contributed by atoms with Crippen molar-refractivity contribution in [2.45, 2.75) is 56.5 Å². The van der Waals surface area contributed by atoms with Crippen molar-refractivity contribution >= 4 is 27.3 Å². The first-order chi connectivity index (χ1) is 13.5. The summed E-state index contributed by atoms with van der Waals surface area (Å²) in [6, 6.07) is 7.41. The van der Waals surface area contributed by atoms with Gasteiger partial charge in [-0.3, -0.25) is 4.79 Å². The predicted molar refractivity (Wildman–Crippen MR) is 111 cm³/mol. The van der Waals surface area contributed by atoms with E-state index in [0.717, 1.165) is 37.7 Å². The van der Waals surface area contributed by atoms with Crippen molar-refractivity contribution in [3.05, 3.63) is 51.7 Å². The number of hydrogen-bond acceptors (Lipinski definition) is 4. The molecule has 2 aliphatic rings. The fraction of sp³-hybridized carbons (Fsp3) is 0.476. The van der Waals surface area contributed by atoms with Crippen molar-refractivity contribution in [2.24, 2.45) is 0 Å². The van der Waals surface area contributed by atoms with Gasteiger partial charge in [-0.05, 0) is 72.7 Å². The molecule has 1 saturated carbocycles. The number of thiophene rings is 1. The number of hydrogen-bond donors (Lipinski definition) is 0. The Balaban J connectivity index is 1.63. The van der Waals surface area contributed by atoms with Gasteiger partial charge in [0.05, 0.1) is 4.90 Å². The Hall–Kier alpha value is -1.70. The highest BCUT2D eigenvalue weighted by Gasteiger charge is 2.34. The normalized spacial score (nSPS) is 18.2. The number of carbonyl (C=O) groups is 1. The van der Waals surface area contributed by atoms with Crippen molar-refractivity contribution < 1.29 is 13.2 Å². The summed E-state index contributed by atoms with van der Waals surface area (Å²) in [7, 11) is -3.56. The lowest BCUT2D eigenvalue weighted by atomic mass is 10.1. The Morgan fingerprint density at radius 3 is 2.57 bits per heavy atom. The maximum atomic E-state index is 13.2. The molecule has 5 nitrogen and oxygen atoms in total. The van der Waals surface area contributed by atoms with Crippen LogP contribution in [0.2, 0.25) is 0 Å². The van der Waals surface area contributed by atoms with E-state index in [4.69, 9.17) is 0 Å². The zero-order chi connectivity index (χ0) is 19.7. The molecule has 2 fully saturated rings. The Morgan fingerprint density at radius 2 is 1.93 bits per heavy atom. The van der Waals surface area contributed by atoms with E-state index in [1.54, 1.807) is 40.8 Å². The molecule has 0 unspecified atom stereocenters. The van der Waals surface area contributed by atoms with Crippen LogP contribution in [-0.4, -0.2) is 42.7 Å². The molecule has 150 valence electrons. The van der Waals surface area contributed by atoms with E-state index in [0.29, 0.717) is 30.8 Å². The van der Waals surface area contributed by atoms with Crippen LogP contribution in [0.5, 0.6) is 0 Å². The number of carbonyl (C=O) groups excluding carboxylic acids is 1. The van der Waals surface area contributed by atoms with Gasteiger partial charge in [-0.1, -0.05) is 12.5 Å². The minimum absolute atomic E-state index is 0.0798. The van der Waals surface area contributed by atoms with Crippen LogP contribution in [0.15, 0.2) is 39.9 Å². The van der Waals surface area contributed by atoms with E-state index in [1.807, 2.05) is 16.3 Å². The zero-order valence-electron chi connectivity index (χ0n) is 16.1. The monoisotopic (exact) mass is 418 g/mol.